The third-order valence-electron chi connectivity index (χ3n) is 2.68. The third kappa shape index (κ3) is 10.4. The molecule has 0 unspecified atom stereocenters. The first-order valence-corrected chi connectivity index (χ1v) is 13.3. The van der Waals surface area contributed by atoms with E-state index in [1.165, 1.54) is 6.92 Å². The molecular formula is C14H28O5Si2. The predicted molar refractivity (Wildman–Crippen MR) is 87.9 cm³/mol. The lowest BCUT2D eigenvalue weighted by Gasteiger charge is -2.33. The van der Waals surface area contributed by atoms with Gasteiger partial charge in [0.05, 0.1) is 6.61 Å². The maximum atomic E-state index is 11.4. The van der Waals surface area contributed by atoms with Gasteiger partial charge in [-0.3, -0.25) is 4.79 Å². The summed E-state index contributed by atoms with van der Waals surface area (Å²) in [5.41, 5.74) is 0.401. The fourth-order valence-corrected chi connectivity index (χ4v) is 10.0. The standard InChI is InChI=1S/C14H28O5Si2/c1-12(2)14(16)18-11-21(6,7)19-20(4,5)10-8-9-17-13(3)15/h1,8-11H2,2-7H3. The summed E-state index contributed by atoms with van der Waals surface area (Å²) in [5.74, 6) is -0.620. The van der Waals surface area contributed by atoms with E-state index >= 15 is 0 Å². The quantitative estimate of drug-likeness (QED) is 0.281. The zero-order chi connectivity index (χ0) is 16.7. The Labute approximate surface area is 129 Å². The predicted octanol–water partition coefficient (Wildman–Crippen LogP) is 3.02. The summed E-state index contributed by atoms with van der Waals surface area (Å²) in [5, 5.41) is 0. The molecule has 0 fully saturated rings. The Morgan fingerprint density at radius 1 is 1.00 bits per heavy atom. The maximum Gasteiger partial charge on any atom is 0.332 e. The van der Waals surface area contributed by atoms with Crippen LogP contribution in [-0.4, -0.2) is 41.4 Å². The van der Waals surface area contributed by atoms with E-state index in [-0.39, 0.29) is 11.9 Å². The number of rotatable bonds is 9. The Morgan fingerprint density at radius 2 is 1.57 bits per heavy atom. The Kier molecular flexibility index (Phi) is 8.13. The molecule has 0 aliphatic heterocycles. The van der Waals surface area contributed by atoms with E-state index in [1.54, 1.807) is 6.92 Å². The van der Waals surface area contributed by atoms with Crippen LogP contribution < -0.4 is 0 Å². The van der Waals surface area contributed by atoms with Gasteiger partial charge in [-0.2, -0.15) is 0 Å². The molecule has 0 amide bonds. The number of hydrogen-bond acceptors (Lipinski definition) is 5. The molecule has 5 nitrogen and oxygen atoms in total. The van der Waals surface area contributed by atoms with Gasteiger partial charge in [0.2, 0.25) is 8.32 Å². The highest BCUT2D eigenvalue weighted by Crippen LogP contribution is 2.20. The largest absolute Gasteiger partial charge is 0.466 e. The van der Waals surface area contributed by atoms with Gasteiger partial charge in [0.15, 0.2) is 8.32 Å². The lowest BCUT2D eigenvalue weighted by Crippen LogP contribution is -2.48. The van der Waals surface area contributed by atoms with Crippen LogP contribution in [0.5, 0.6) is 0 Å². The molecule has 0 aromatic heterocycles. The smallest absolute Gasteiger partial charge is 0.332 e. The van der Waals surface area contributed by atoms with E-state index in [4.69, 9.17) is 13.6 Å². The van der Waals surface area contributed by atoms with Crippen molar-refractivity contribution in [2.75, 3.05) is 12.8 Å². The second-order valence-corrected chi connectivity index (χ2v) is 15.1. The molecule has 21 heavy (non-hydrogen) atoms. The van der Waals surface area contributed by atoms with Crippen LogP contribution in [0, 0.1) is 0 Å². The topological polar surface area (TPSA) is 61.8 Å². The molecule has 122 valence electrons. The molecule has 0 rings (SSSR count). The Morgan fingerprint density at radius 3 is 2.05 bits per heavy atom. The van der Waals surface area contributed by atoms with Crippen LogP contribution >= 0.6 is 0 Å². The molecular weight excluding hydrogens is 304 g/mol. The van der Waals surface area contributed by atoms with Crippen LogP contribution in [-0.2, 0) is 23.2 Å². The SMILES string of the molecule is C=C(C)C(=O)OC[Si](C)(C)O[Si](C)(C)CCCOC(C)=O. The van der Waals surface area contributed by atoms with Gasteiger partial charge in [0.25, 0.3) is 0 Å². The van der Waals surface area contributed by atoms with Crippen molar-refractivity contribution in [3.63, 3.8) is 0 Å². The minimum absolute atomic E-state index is 0.253. The van der Waals surface area contributed by atoms with Crippen molar-refractivity contribution in [2.45, 2.75) is 52.5 Å². The zero-order valence-electron chi connectivity index (χ0n) is 14.1. The Hall–Kier alpha value is -0.926. The molecule has 7 heteroatoms. The monoisotopic (exact) mass is 332 g/mol. The van der Waals surface area contributed by atoms with Crippen molar-refractivity contribution >= 4 is 28.6 Å². The van der Waals surface area contributed by atoms with E-state index in [9.17, 15) is 9.59 Å². The number of carbonyl (C=O) groups is 2. The van der Waals surface area contributed by atoms with Crippen LogP contribution in [0.3, 0.4) is 0 Å². The van der Waals surface area contributed by atoms with E-state index in [0.717, 1.165) is 12.5 Å². The molecule has 0 heterocycles. The summed E-state index contributed by atoms with van der Waals surface area (Å²) in [4.78, 5) is 22.1. The van der Waals surface area contributed by atoms with Crippen LogP contribution in [0.1, 0.15) is 20.3 Å². The van der Waals surface area contributed by atoms with Crippen LogP contribution in [0.4, 0.5) is 0 Å². The summed E-state index contributed by atoms with van der Waals surface area (Å²) in [6, 6.07) is 0.908. The average molecular weight is 333 g/mol. The van der Waals surface area contributed by atoms with Crippen molar-refractivity contribution in [1.82, 2.24) is 0 Å². The normalized spacial score (nSPS) is 11.9. The molecule has 0 aromatic carbocycles. The highest BCUT2D eigenvalue weighted by molar-refractivity contribution is 6.84. The summed E-state index contributed by atoms with van der Waals surface area (Å²) < 4.78 is 16.4. The van der Waals surface area contributed by atoms with Gasteiger partial charge >= 0.3 is 11.9 Å². The van der Waals surface area contributed by atoms with Gasteiger partial charge in [-0.05, 0) is 45.6 Å². The molecule has 0 aliphatic carbocycles. The van der Waals surface area contributed by atoms with Crippen LogP contribution in [0.15, 0.2) is 12.2 Å². The molecule has 0 spiro atoms. The fourth-order valence-electron chi connectivity index (χ4n) is 1.90. The van der Waals surface area contributed by atoms with E-state index < -0.39 is 16.6 Å². The molecule has 0 atom stereocenters. The molecule has 0 aliphatic rings. The number of ether oxygens (including phenoxy) is 2. The second kappa shape index (κ2) is 8.50. The van der Waals surface area contributed by atoms with Crippen LogP contribution in [0.25, 0.3) is 0 Å². The first-order valence-electron chi connectivity index (χ1n) is 7.11. The van der Waals surface area contributed by atoms with Crippen molar-refractivity contribution in [3.05, 3.63) is 12.2 Å². The molecule has 0 N–H and O–H groups in total. The lowest BCUT2D eigenvalue weighted by atomic mass is 10.4. The maximum absolute atomic E-state index is 11.4. The second-order valence-electron chi connectivity index (χ2n) is 6.42. The third-order valence-corrected chi connectivity index (χ3v) is 9.50. The summed E-state index contributed by atoms with van der Waals surface area (Å²) in [6.45, 7) is 15.4. The van der Waals surface area contributed by atoms with Crippen molar-refractivity contribution in [3.8, 4) is 0 Å². The van der Waals surface area contributed by atoms with Gasteiger partial charge in [-0.15, -0.1) is 0 Å². The molecule has 0 aromatic rings. The number of esters is 2. The van der Waals surface area contributed by atoms with Crippen molar-refractivity contribution in [1.29, 1.82) is 0 Å². The highest BCUT2D eigenvalue weighted by atomic mass is 28.4. The first kappa shape index (κ1) is 20.1. The minimum atomic E-state index is -2.06. The van der Waals surface area contributed by atoms with E-state index in [2.05, 4.69) is 19.7 Å². The van der Waals surface area contributed by atoms with Gasteiger partial charge in [0.1, 0.15) is 6.23 Å². The molecule has 0 radical (unpaired) electrons. The molecule has 0 bridgehead atoms. The minimum Gasteiger partial charge on any atom is -0.466 e. The van der Waals surface area contributed by atoms with Gasteiger partial charge < -0.3 is 13.6 Å². The average Bonchev–Trinajstić information content (AvgIpc) is 2.30. The van der Waals surface area contributed by atoms with Crippen LogP contribution in [0.2, 0.25) is 32.2 Å². The summed E-state index contributed by atoms with van der Waals surface area (Å²) >= 11 is 0. The molecule has 0 saturated heterocycles. The van der Waals surface area contributed by atoms with Gasteiger partial charge in [-0.25, -0.2) is 4.79 Å². The first-order chi connectivity index (χ1) is 9.45. The van der Waals surface area contributed by atoms with E-state index in [0.29, 0.717) is 18.4 Å². The fraction of sp³-hybridized carbons (Fsp3) is 0.714. The number of hydrogen-bond donors (Lipinski definition) is 0. The Balaban J connectivity index is 4.24. The number of carbonyl (C=O) groups excluding carboxylic acids is 2. The summed E-state index contributed by atoms with van der Waals surface area (Å²) in [6.07, 6.45) is 1.13. The zero-order valence-corrected chi connectivity index (χ0v) is 16.1. The van der Waals surface area contributed by atoms with Gasteiger partial charge in [0, 0.05) is 12.5 Å². The molecule has 0 saturated carbocycles. The Bertz CT molecular complexity index is 391. The van der Waals surface area contributed by atoms with Gasteiger partial charge in [-0.1, -0.05) is 6.58 Å². The lowest BCUT2D eigenvalue weighted by molar-refractivity contribution is -0.141. The van der Waals surface area contributed by atoms with Crippen molar-refractivity contribution < 1.29 is 23.2 Å². The van der Waals surface area contributed by atoms with E-state index in [1.807, 2.05) is 13.1 Å². The highest BCUT2D eigenvalue weighted by Gasteiger charge is 2.34. The van der Waals surface area contributed by atoms with Crippen molar-refractivity contribution in [2.24, 2.45) is 0 Å². The summed E-state index contributed by atoms with van der Waals surface area (Å²) in [7, 11) is -3.91.